The van der Waals surface area contributed by atoms with Crippen LogP contribution in [0.2, 0.25) is 0 Å². The van der Waals surface area contributed by atoms with E-state index in [1.807, 2.05) is 13.8 Å². The van der Waals surface area contributed by atoms with Crippen molar-refractivity contribution in [2.75, 3.05) is 20.2 Å². The van der Waals surface area contributed by atoms with Gasteiger partial charge in [0.2, 0.25) is 5.91 Å². The van der Waals surface area contributed by atoms with Gasteiger partial charge in [-0.15, -0.1) is 11.3 Å². The number of aryl methyl sites for hydroxylation is 1. The van der Waals surface area contributed by atoms with Crippen LogP contribution in [0.15, 0.2) is 22.5 Å². The first-order valence-corrected chi connectivity index (χ1v) is 11.4. The van der Waals surface area contributed by atoms with Crippen molar-refractivity contribution in [3.8, 4) is 5.75 Å². The Balaban J connectivity index is 1.61. The largest absolute Gasteiger partial charge is 0.496 e. The fourth-order valence-corrected chi connectivity index (χ4v) is 6.33. The number of ether oxygens (including phenoxy) is 1. The lowest BCUT2D eigenvalue weighted by Crippen LogP contribution is -2.27. The molecule has 3 heterocycles. The molecule has 0 saturated carbocycles. The van der Waals surface area contributed by atoms with E-state index in [-0.39, 0.29) is 12.3 Å². The highest BCUT2D eigenvalue weighted by molar-refractivity contribution is 7.91. The van der Waals surface area contributed by atoms with Gasteiger partial charge in [-0.3, -0.25) is 9.78 Å². The standard InChI is InChI=1S/C19H25N3O4S2/c1-13-11-20-16(14(2)19(13)26-3)12-21-17(23)10-15-6-7-18(27-15)28(24,25)22-8-4-5-9-22/h6-7,11H,4-5,8-10,12H2,1-3H3,(H,21,23). The maximum atomic E-state index is 12.6. The minimum atomic E-state index is -3.43. The number of sulfonamides is 1. The molecule has 9 heteroatoms. The van der Waals surface area contributed by atoms with Gasteiger partial charge in [-0.1, -0.05) is 0 Å². The minimum absolute atomic E-state index is 0.141. The number of pyridine rings is 1. The Labute approximate surface area is 169 Å². The molecule has 152 valence electrons. The van der Waals surface area contributed by atoms with Crippen LogP contribution in [0.1, 0.15) is 34.5 Å². The second kappa shape index (κ2) is 8.59. The zero-order valence-electron chi connectivity index (χ0n) is 16.3. The lowest BCUT2D eigenvalue weighted by molar-refractivity contribution is -0.120. The highest BCUT2D eigenvalue weighted by Gasteiger charge is 2.28. The van der Waals surface area contributed by atoms with E-state index < -0.39 is 10.0 Å². The lowest BCUT2D eigenvalue weighted by atomic mass is 10.1. The molecule has 1 N–H and O–H groups in total. The molecule has 7 nitrogen and oxygen atoms in total. The summed E-state index contributed by atoms with van der Waals surface area (Å²) in [6.07, 6.45) is 3.67. The summed E-state index contributed by atoms with van der Waals surface area (Å²) >= 11 is 1.16. The number of nitrogens with one attached hydrogen (secondary N) is 1. The molecule has 1 aliphatic rings. The third kappa shape index (κ3) is 4.37. The zero-order valence-corrected chi connectivity index (χ0v) is 18.0. The maximum Gasteiger partial charge on any atom is 0.252 e. The Morgan fingerprint density at radius 1 is 1.29 bits per heavy atom. The van der Waals surface area contributed by atoms with Crippen LogP contribution in [0, 0.1) is 13.8 Å². The quantitative estimate of drug-likeness (QED) is 0.739. The van der Waals surface area contributed by atoms with E-state index in [1.54, 1.807) is 25.4 Å². The Morgan fingerprint density at radius 2 is 2.00 bits per heavy atom. The second-order valence-corrected chi connectivity index (χ2v) is 10.2. The van der Waals surface area contributed by atoms with Crippen LogP contribution < -0.4 is 10.1 Å². The van der Waals surface area contributed by atoms with Crippen LogP contribution >= 0.6 is 11.3 Å². The average molecular weight is 424 g/mol. The number of carbonyl (C=O) groups is 1. The third-order valence-corrected chi connectivity index (χ3v) is 8.29. The molecule has 0 spiro atoms. The van der Waals surface area contributed by atoms with Crippen LogP contribution in [-0.2, 0) is 27.8 Å². The van der Waals surface area contributed by atoms with Crippen molar-refractivity contribution in [1.82, 2.24) is 14.6 Å². The minimum Gasteiger partial charge on any atom is -0.496 e. The van der Waals surface area contributed by atoms with Crippen molar-refractivity contribution in [2.24, 2.45) is 0 Å². The second-order valence-electron chi connectivity index (χ2n) is 6.83. The van der Waals surface area contributed by atoms with Gasteiger partial charge < -0.3 is 10.1 Å². The van der Waals surface area contributed by atoms with Gasteiger partial charge >= 0.3 is 0 Å². The summed E-state index contributed by atoms with van der Waals surface area (Å²) < 4.78 is 32.4. The van der Waals surface area contributed by atoms with Gasteiger partial charge in [-0.05, 0) is 38.8 Å². The van der Waals surface area contributed by atoms with E-state index in [9.17, 15) is 13.2 Å². The van der Waals surface area contributed by atoms with E-state index in [4.69, 9.17) is 4.74 Å². The molecular formula is C19H25N3O4S2. The predicted molar refractivity (Wildman–Crippen MR) is 108 cm³/mol. The number of aromatic nitrogens is 1. The number of amides is 1. The average Bonchev–Trinajstić information content (AvgIpc) is 3.34. The van der Waals surface area contributed by atoms with Crippen molar-refractivity contribution in [2.45, 2.75) is 43.9 Å². The number of nitrogens with zero attached hydrogens (tertiary/aromatic N) is 2. The van der Waals surface area contributed by atoms with Gasteiger partial charge in [-0.25, -0.2) is 8.42 Å². The zero-order chi connectivity index (χ0) is 20.3. The molecule has 1 saturated heterocycles. The van der Waals surface area contributed by atoms with Crippen LogP contribution in [0.3, 0.4) is 0 Å². The Hall–Kier alpha value is -1.97. The van der Waals surface area contributed by atoms with Crippen LogP contribution in [0.25, 0.3) is 0 Å². The van der Waals surface area contributed by atoms with E-state index in [1.165, 1.54) is 4.31 Å². The molecule has 2 aromatic heterocycles. The molecule has 1 amide bonds. The first-order valence-electron chi connectivity index (χ1n) is 9.17. The molecule has 1 fully saturated rings. The summed E-state index contributed by atoms with van der Waals surface area (Å²) in [4.78, 5) is 17.4. The molecule has 0 atom stereocenters. The van der Waals surface area contributed by atoms with E-state index >= 15 is 0 Å². The molecule has 1 aliphatic heterocycles. The fraction of sp³-hybridized carbons (Fsp3) is 0.474. The normalized spacial score (nSPS) is 15.0. The van der Waals surface area contributed by atoms with Crippen molar-refractivity contribution in [3.63, 3.8) is 0 Å². The molecule has 0 radical (unpaired) electrons. The smallest absolute Gasteiger partial charge is 0.252 e. The van der Waals surface area contributed by atoms with E-state index in [2.05, 4.69) is 10.3 Å². The van der Waals surface area contributed by atoms with Gasteiger partial charge in [0.25, 0.3) is 10.0 Å². The summed E-state index contributed by atoms with van der Waals surface area (Å²) in [5.41, 5.74) is 2.59. The Kier molecular flexibility index (Phi) is 6.36. The lowest BCUT2D eigenvalue weighted by Gasteiger charge is -2.13. The van der Waals surface area contributed by atoms with Gasteiger partial charge in [0.15, 0.2) is 0 Å². The van der Waals surface area contributed by atoms with Crippen molar-refractivity contribution < 1.29 is 17.9 Å². The third-order valence-electron chi connectivity index (χ3n) is 4.83. The van der Waals surface area contributed by atoms with Crippen molar-refractivity contribution >= 4 is 27.3 Å². The summed E-state index contributed by atoms with van der Waals surface area (Å²) in [7, 11) is -1.82. The summed E-state index contributed by atoms with van der Waals surface area (Å²) in [6.45, 7) is 5.28. The molecular weight excluding hydrogens is 398 g/mol. The van der Waals surface area contributed by atoms with Gasteiger partial charge in [0, 0.05) is 35.3 Å². The summed E-state index contributed by atoms with van der Waals surface area (Å²) in [5.74, 6) is 0.599. The summed E-state index contributed by atoms with van der Waals surface area (Å²) in [5, 5.41) is 2.85. The summed E-state index contributed by atoms with van der Waals surface area (Å²) in [6, 6.07) is 3.31. The Bertz CT molecular complexity index is 964. The van der Waals surface area contributed by atoms with E-state index in [0.717, 1.165) is 51.6 Å². The monoisotopic (exact) mass is 423 g/mol. The SMILES string of the molecule is COc1c(C)cnc(CNC(=O)Cc2ccc(S(=O)(=O)N3CCCC3)s2)c1C. The number of methoxy groups -OCH3 is 1. The molecule has 0 aliphatic carbocycles. The molecule has 0 bridgehead atoms. The topological polar surface area (TPSA) is 88.6 Å². The number of rotatable bonds is 7. The van der Waals surface area contributed by atoms with E-state index in [0.29, 0.717) is 23.8 Å². The number of hydrogen-bond acceptors (Lipinski definition) is 6. The first-order chi connectivity index (χ1) is 13.3. The maximum absolute atomic E-state index is 12.6. The van der Waals surface area contributed by atoms with Crippen LogP contribution in [-0.4, -0.2) is 43.8 Å². The molecule has 0 aromatic carbocycles. The highest BCUT2D eigenvalue weighted by atomic mass is 32.2. The molecule has 2 aromatic rings. The molecule has 0 unspecified atom stereocenters. The Morgan fingerprint density at radius 3 is 2.68 bits per heavy atom. The van der Waals surface area contributed by atoms with Gasteiger partial charge in [0.1, 0.15) is 9.96 Å². The first kappa shape index (κ1) is 20.8. The van der Waals surface area contributed by atoms with Crippen LogP contribution in [0.4, 0.5) is 0 Å². The van der Waals surface area contributed by atoms with Crippen LogP contribution in [0.5, 0.6) is 5.75 Å². The number of thiophene rings is 1. The van der Waals surface area contributed by atoms with Crippen molar-refractivity contribution in [1.29, 1.82) is 0 Å². The molecule has 3 rings (SSSR count). The predicted octanol–water partition coefficient (Wildman–Crippen LogP) is 2.41. The molecule has 28 heavy (non-hydrogen) atoms. The number of hydrogen-bond donors (Lipinski definition) is 1. The fourth-order valence-electron chi connectivity index (χ4n) is 3.30. The van der Waals surface area contributed by atoms with Gasteiger partial charge in [-0.2, -0.15) is 4.31 Å². The highest BCUT2D eigenvalue weighted by Crippen LogP contribution is 2.28. The van der Waals surface area contributed by atoms with Gasteiger partial charge in [0.05, 0.1) is 25.8 Å². The number of carbonyl (C=O) groups excluding carboxylic acids is 1. The van der Waals surface area contributed by atoms with Crippen molar-refractivity contribution in [3.05, 3.63) is 40.0 Å².